The van der Waals surface area contributed by atoms with Crippen LogP contribution in [0.3, 0.4) is 0 Å². The lowest BCUT2D eigenvalue weighted by atomic mass is 9.99. The summed E-state index contributed by atoms with van der Waals surface area (Å²) in [6.07, 6.45) is 31.1. The third kappa shape index (κ3) is 32.4. The maximum absolute atomic E-state index is 12.5. The Morgan fingerprint density at radius 3 is 1.13 bits per heavy atom. The van der Waals surface area contributed by atoms with Gasteiger partial charge in [0.05, 0.1) is 0 Å². The van der Waals surface area contributed by atoms with E-state index in [1.54, 1.807) is 0 Å². The number of unbranched alkanes of at least 4 members (excludes halogenated alkanes) is 21. The molecule has 0 rings (SSSR count). The number of hydrogen-bond donors (Lipinski definition) is 0. The van der Waals surface area contributed by atoms with E-state index in [0.29, 0.717) is 19.3 Å². The van der Waals surface area contributed by atoms with Crippen LogP contribution in [0.15, 0.2) is 0 Å². The number of esters is 3. The molecular weight excluding hydrogens is 576 g/mol. The van der Waals surface area contributed by atoms with Crippen molar-refractivity contribution in [2.45, 2.75) is 220 Å². The molecule has 0 saturated carbocycles. The maximum atomic E-state index is 12.5. The van der Waals surface area contributed by atoms with E-state index < -0.39 is 6.10 Å². The monoisotopic (exact) mass is 653 g/mol. The fraction of sp³-hybridized carbons (Fsp3) is 0.925. The van der Waals surface area contributed by atoms with Crippen molar-refractivity contribution >= 4 is 17.9 Å². The zero-order valence-corrected chi connectivity index (χ0v) is 31.0. The van der Waals surface area contributed by atoms with E-state index in [4.69, 9.17) is 14.2 Å². The average molecular weight is 653 g/mol. The zero-order valence-electron chi connectivity index (χ0n) is 31.0. The fourth-order valence-corrected chi connectivity index (χ4v) is 5.71. The average Bonchev–Trinajstić information content (AvgIpc) is 3.05. The van der Waals surface area contributed by atoms with Crippen molar-refractivity contribution in [3.63, 3.8) is 0 Å². The molecule has 0 aromatic rings. The molecule has 0 saturated heterocycles. The molecule has 46 heavy (non-hydrogen) atoms. The van der Waals surface area contributed by atoms with Crippen LogP contribution in [-0.2, 0) is 28.6 Å². The first-order valence-electron chi connectivity index (χ1n) is 19.9. The molecule has 0 N–H and O–H groups in total. The highest BCUT2D eigenvalue weighted by Gasteiger charge is 2.19. The van der Waals surface area contributed by atoms with Crippen LogP contribution >= 0.6 is 0 Å². The van der Waals surface area contributed by atoms with E-state index in [1.165, 1.54) is 103 Å². The molecule has 1 unspecified atom stereocenters. The van der Waals surface area contributed by atoms with Gasteiger partial charge >= 0.3 is 17.9 Å². The van der Waals surface area contributed by atoms with Gasteiger partial charge in [-0.3, -0.25) is 14.4 Å². The van der Waals surface area contributed by atoms with Crippen LogP contribution in [0.25, 0.3) is 0 Å². The number of carbonyl (C=O) groups is 3. The van der Waals surface area contributed by atoms with Gasteiger partial charge in [0.1, 0.15) is 13.2 Å². The van der Waals surface area contributed by atoms with E-state index in [1.807, 2.05) is 0 Å². The van der Waals surface area contributed by atoms with Gasteiger partial charge in [-0.05, 0) is 25.2 Å². The van der Waals surface area contributed by atoms with Crippen LogP contribution in [0.2, 0.25) is 0 Å². The molecule has 0 radical (unpaired) electrons. The number of ether oxygens (including phenoxy) is 3. The van der Waals surface area contributed by atoms with Crippen molar-refractivity contribution in [3.05, 3.63) is 0 Å². The van der Waals surface area contributed by atoms with Gasteiger partial charge in [0, 0.05) is 19.3 Å². The standard InChI is InChI=1S/C40H76O6/c1-5-8-10-12-13-14-15-16-20-24-27-31-38(41)44-34-37(46-40(43)33-29-22-11-9-6-2)35-45-39(42)32-28-25-21-18-17-19-23-26-30-36(4)7-3/h36-37H,5-35H2,1-4H3/t36?,37-/m1/s1. The van der Waals surface area contributed by atoms with E-state index in [0.717, 1.165) is 70.1 Å². The van der Waals surface area contributed by atoms with Crippen LogP contribution in [0.4, 0.5) is 0 Å². The molecule has 0 heterocycles. The van der Waals surface area contributed by atoms with Crippen molar-refractivity contribution in [1.29, 1.82) is 0 Å². The summed E-state index contributed by atoms with van der Waals surface area (Å²) in [5.74, 6) is -0.0309. The topological polar surface area (TPSA) is 78.9 Å². The van der Waals surface area contributed by atoms with Gasteiger partial charge in [-0.25, -0.2) is 0 Å². The Hall–Kier alpha value is -1.59. The number of rotatable bonds is 35. The maximum Gasteiger partial charge on any atom is 0.306 e. The van der Waals surface area contributed by atoms with E-state index in [-0.39, 0.29) is 31.1 Å². The molecular formula is C40H76O6. The van der Waals surface area contributed by atoms with Crippen LogP contribution in [0.5, 0.6) is 0 Å². The van der Waals surface area contributed by atoms with Gasteiger partial charge in [0.2, 0.25) is 0 Å². The van der Waals surface area contributed by atoms with Crippen molar-refractivity contribution in [2.75, 3.05) is 13.2 Å². The third-order valence-electron chi connectivity index (χ3n) is 9.15. The number of hydrogen-bond acceptors (Lipinski definition) is 6. The van der Waals surface area contributed by atoms with Crippen molar-refractivity contribution < 1.29 is 28.6 Å². The van der Waals surface area contributed by atoms with Crippen LogP contribution in [-0.4, -0.2) is 37.2 Å². The second-order valence-corrected chi connectivity index (χ2v) is 13.8. The van der Waals surface area contributed by atoms with E-state index in [2.05, 4.69) is 27.7 Å². The molecule has 0 aromatic carbocycles. The Kier molecular flexibility index (Phi) is 33.5. The summed E-state index contributed by atoms with van der Waals surface area (Å²) in [5.41, 5.74) is 0. The highest BCUT2D eigenvalue weighted by molar-refractivity contribution is 5.71. The first-order chi connectivity index (χ1) is 22.4. The Morgan fingerprint density at radius 2 is 0.761 bits per heavy atom. The summed E-state index contributed by atoms with van der Waals surface area (Å²) in [7, 11) is 0. The minimum atomic E-state index is -0.756. The largest absolute Gasteiger partial charge is 0.462 e. The van der Waals surface area contributed by atoms with Gasteiger partial charge in [0.25, 0.3) is 0 Å². The third-order valence-corrected chi connectivity index (χ3v) is 9.15. The summed E-state index contributed by atoms with van der Waals surface area (Å²) in [5, 5.41) is 0. The van der Waals surface area contributed by atoms with Gasteiger partial charge in [-0.2, -0.15) is 0 Å². The Morgan fingerprint density at radius 1 is 0.435 bits per heavy atom. The molecule has 272 valence electrons. The van der Waals surface area contributed by atoms with Crippen molar-refractivity contribution in [2.24, 2.45) is 5.92 Å². The zero-order chi connectivity index (χ0) is 33.9. The lowest BCUT2D eigenvalue weighted by Gasteiger charge is -2.18. The van der Waals surface area contributed by atoms with Gasteiger partial charge in [-0.1, -0.05) is 175 Å². The predicted molar refractivity (Wildman–Crippen MR) is 192 cm³/mol. The molecule has 0 amide bonds. The summed E-state index contributed by atoms with van der Waals surface area (Å²) >= 11 is 0. The van der Waals surface area contributed by atoms with E-state index >= 15 is 0 Å². The molecule has 0 spiro atoms. The molecule has 0 aliphatic carbocycles. The second kappa shape index (κ2) is 34.7. The van der Waals surface area contributed by atoms with Gasteiger partial charge in [0.15, 0.2) is 6.10 Å². The molecule has 6 heteroatoms. The molecule has 6 nitrogen and oxygen atoms in total. The first kappa shape index (κ1) is 44.4. The van der Waals surface area contributed by atoms with Crippen molar-refractivity contribution in [1.82, 2.24) is 0 Å². The molecule has 0 bridgehead atoms. The quantitative estimate of drug-likeness (QED) is 0.0385. The van der Waals surface area contributed by atoms with Crippen molar-refractivity contribution in [3.8, 4) is 0 Å². The highest BCUT2D eigenvalue weighted by Crippen LogP contribution is 2.16. The minimum Gasteiger partial charge on any atom is -0.462 e. The Bertz CT molecular complexity index is 693. The molecule has 0 fully saturated rings. The Labute approximate surface area is 285 Å². The normalized spacial score (nSPS) is 12.5. The molecule has 2 atom stereocenters. The van der Waals surface area contributed by atoms with Gasteiger partial charge < -0.3 is 14.2 Å². The molecule has 0 aliphatic heterocycles. The van der Waals surface area contributed by atoms with E-state index in [9.17, 15) is 14.4 Å². The summed E-state index contributed by atoms with van der Waals surface area (Å²) in [6.45, 7) is 8.88. The Balaban J connectivity index is 4.23. The highest BCUT2D eigenvalue weighted by atomic mass is 16.6. The number of carbonyl (C=O) groups excluding carboxylic acids is 3. The SMILES string of the molecule is CCCCCCCCCCCCCC(=O)OC[C@H](COC(=O)CCCCCCCCCCC(C)CC)OC(=O)CCCCCCC. The lowest BCUT2D eigenvalue weighted by molar-refractivity contribution is -0.167. The summed E-state index contributed by atoms with van der Waals surface area (Å²) in [4.78, 5) is 37.2. The summed E-state index contributed by atoms with van der Waals surface area (Å²) < 4.78 is 16.5. The predicted octanol–water partition coefficient (Wildman–Crippen LogP) is 12.0. The molecule has 0 aromatic heterocycles. The van der Waals surface area contributed by atoms with Crippen LogP contribution in [0.1, 0.15) is 214 Å². The second-order valence-electron chi connectivity index (χ2n) is 13.8. The summed E-state index contributed by atoms with van der Waals surface area (Å²) in [6, 6.07) is 0. The first-order valence-corrected chi connectivity index (χ1v) is 19.9. The van der Waals surface area contributed by atoms with Crippen LogP contribution < -0.4 is 0 Å². The molecule has 0 aliphatic rings. The minimum absolute atomic E-state index is 0.0664. The van der Waals surface area contributed by atoms with Gasteiger partial charge in [-0.15, -0.1) is 0 Å². The van der Waals surface area contributed by atoms with Crippen LogP contribution in [0, 0.1) is 5.92 Å². The smallest absolute Gasteiger partial charge is 0.306 e. The fourth-order valence-electron chi connectivity index (χ4n) is 5.71. The lowest BCUT2D eigenvalue weighted by Crippen LogP contribution is -2.30.